The van der Waals surface area contributed by atoms with Crippen LogP contribution >= 0.6 is 11.3 Å². The molecule has 7 nitrogen and oxygen atoms in total. The number of rotatable bonds is 7. The number of amides is 2. The molecule has 30 heavy (non-hydrogen) atoms. The van der Waals surface area contributed by atoms with Crippen LogP contribution in [0.3, 0.4) is 0 Å². The summed E-state index contributed by atoms with van der Waals surface area (Å²) in [5.74, 6) is 2.22. The van der Waals surface area contributed by atoms with Gasteiger partial charge < -0.3 is 15.0 Å². The van der Waals surface area contributed by atoms with Gasteiger partial charge in [0.05, 0.1) is 12.6 Å². The number of aromatic nitrogens is 3. The van der Waals surface area contributed by atoms with Crippen LogP contribution in [-0.4, -0.2) is 45.4 Å². The van der Waals surface area contributed by atoms with Gasteiger partial charge in [0.2, 0.25) is 0 Å². The third kappa shape index (κ3) is 4.55. The Morgan fingerprint density at radius 3 is 2.80 bits per heavy atom. The predicted octanol–water partition coefficient (Wildman–Crippen LogP) is 4.62. The number of ether oxygens (including phenoxy) is 1. The second kappa shape index (κ2) is 8.57. The second-order valence-corrected chi connectivity index (χ2v) is 8.95. The number of thiophene rings is 1. The number of hydrogen-bond donors (Lipinski definition) is 2. The van der Waals surface area contributed by atoms with Crippen molar-refractivity contribution >= 4 is 23.1 Å². The molecule has 156 valence electrons. The first-order chi connectivity index (χ1) is 14.7. The summed E-state index contributed by atoms with van der Waals surface area (Å²) >= 11 is 1.66. The van der Waals surface area contributed by atoms with Crippen LogP contribution in [0.2, 0.25) is 0 Å². The molecular weight excluding hydrogens is 398 g/mol. The largest absolute Gasteiger partial charge is 0.376 e. The number of urea groups is 1. The van der Waals surface area contributed by atoms with Gasteiger partial charge >= 0.3 is 6.03 Å². The van der Waals surface area contributed by atoms with Crippen molar-refractivity contribution in [3.05, 3.63) is 52.5 Å². The molecule has 8 heteroatoms. The summed E-state index contributed by atoms with van der Waals surface area (Å²) in [6.45, 7) is 1.97. The maximum absolute atomic E-state index is 13.0. The molecule has 0 radical (unpaired) electrons. The Kier molecular flexibility index (Phi) is 5.50. The topological polar surface area (TPSA) is 83.1 Å². The monoisotopic (exact) mass is 423 g/mol. The number of hydrogen-bond acceptors (Lipinski definition) is 5. The minimum Gasteiger partial charge on any atom is -0.376 e. The molecule has 1 saturated heterocycles. The number of benzene rings is 1. The van der Waals surface area contributed by atoms with Crippen LogP contribution in [0, 0.1) is 0 Å². The zero-order chi connectivity index (χ0) is 20.3. The quantitative estimate of drug-likeness (QED) is 0.581. The predicted molar refractivity (Wildman–Crippen MR) is 117 cm³/mol. The Balaban J connectivity index is 1.25. The Hall–Kier alpha value is -2.71. The number of H-pyrrole nitrogens is 1. The van der Waals surface area contributed by atoms with Gasteiger partial charge in [-0.15, -0.1) is 11.3 Å². The smallest absolute Gasteiger partial charge is 0.322 e. The van der Waals surface area contributed by atoms with Crippen molar-refractivity contribution in [1.82, 2.24) is 20.1 Å². The highest BCUT2D eigenvalue weighted by Crippen LogP contribution is 2.38. The fraction of sp³-hybridized carbons (Fsp3) is 0.409. The molecular formula is C22H25N5O2S. The lowest BCUT2D eigenvalue weighted by molar-refractivity contribution is 0.0821. The van der Waals surface area contributed by atoms with Crippen molar-refractivity contribution in [2.75, 3.05) is 18.5 Å². The molecule has 2 fully saturated rings. The standard InChI is InChI=1S/C22H25N5O2S/c28-22(27(13-18-3-1-11-29-18)14-19-4-2-12-30-19)23-17-9-7-16(8-10-17)21-24-20(25-26-21)15-5-6-15/h2,4,7-10,12,15,18H,1,3,5-6,11,13-14H2,(H,23,28)(H,24,25,26). The third-order valence-corrected chi connectivity index (χ3v) is 6.38. The molecule has 2 aliphatic rings. The van der Waals surface area contributed by atoms with Crippen LogP contribution in [0.1, 0.15) is 42.3 Å². The molecule has 1 atom stereocenters. The van der Waals surface area contributed by atoms with E-state index in [9.17, 15) is 4.79 Å². The van der Waals surface area contributed by atoms with Crippen molar-refractivity contribution in [1.29, 1.82) is 0 Å². The van der Waals surface area contributed by atoms with Gasteiger partial charge in [0.25, 0.3) is 0 Å². The first-order valence-electron chi connectivity index (χ1n) is 10.5. The van der Waals surface area contributed by atoms with E-state index in [-0.39, 0.29) is 12.1 Å². The zero-order valence-corrected chi connectivity index (χ0v) is 17.5. The molecule has 2 aromatic heterocycles. The molecule has 1 aliphatic heterocycles. The number of nitrogens with one attached hydrogen (secondary N) is 2. The first-order valence-corrected chi connectivity index (χ1v) is 11.4. The first kappa shape index (κ1) is 19.3. The highest BCUT2D eigenvalue weighted by Gasteiger charge is 2.27. The number of carbonyl (C=O) groups excluding carboxylic acids is 1. The van der Waals surface area contributed by atoms with Gasteiger partial charge in [-0.05, 0) is 61.4 Å². The molecule has 3 aromatic rings. The second-order valence-electron chi connectivity index (χ2n) is 7.92. The maximum Gasteiger partial charge on any atom is 0.322 e. The van der Waals surface area contributed by atoms with E-state index in [4.69, 9.17) is 4.74 Å². The van der Waals surface area contributed by atoms with Gasteiger partial charge in [-0.1, -0.05) is 6.07 Å². The summed E-state index contributed by atoms with van der Waals surface area (Å²) in [5, 5.41) is 12.4. The molecule has 1 aliphatic carbocycles. The van der Waals surface area contributed by atoms with Crippen molar-refractivity contribution in [3.8, 4) is 11.4 Å². The lowest BCUT2D eigenvalue weighted by atomic mass is 10.2. The molecule has 1 saturated carbocycles. The normalized spacial score (nSPS) is 18.5. The molecule has 0 bridgehead atoms. The van der Waals surface area contributed by atoms with E-state index in [0.29, 0.717) is 24.8 Å². The average molecular weight is 424 g/mol. The highest BCUT2D eigenvalue weighted by atomic mass is 32.1. The molecule has 1 aromatic carbocycles. The van der Waals surface area contributed by atoms with E-state index < -0.39 is 0 Å². The number of aromatic amines is 1. The van der Waals surface area contributed by atoms with Gasteiger partial charge in [-0.3, -0.25) is 5.10 Å². The fourth-order valence-electron chi connectivity index (χ4n) is 3.69. The van der Waals surface area contributed by atoms with Crippen LogP contribution in [0.15, 0.2) is 41.8 Å². The zero-order valence-electron chi connectivity index (χ0n) is 16.7. The van der Waals surface area contributed by atoms with Crippen molar-refractivity contribution in [3.63, 3.8) is 0 Å². The average Bonchev–Trinajstić information content (AvgIpc) is 3.18. The van der Waals surface area contributed by atoms with E-state index in [1.54, 1.807) is 11.3 Å². The van der Waals surface area contributed by atoms with Crippen molar-refractivity contribution in [2.24, 2.45) is 0 Å². The van der Waals surface area contributed by atoms with Gasteiger partial charge in [0.1, 0.15) is 5.82 Å². The van der Waals surface area contributed by atoms with E-state index in [1.807, 2.05) is 40.6 Å². The van der Waals surface area contributed by atoms with Gasteiger partial charge in [0, 0.05) is 35.2 Å². The van der Waals surface area contributed by atoms with Crippen LogP contribution in [0.25, 0.3) is 11.4 Å². The minimum absolute atomic E-state index is 0.111. The summed E-state index contributed by atoms with van der Waals surface area (Å²) < 4.78 is 5.76. The van der Waals surface area contributed by atoms with E-state index in [0.717, 1.165) is 41.4 Å². The number of nitrogens with zero attached hydrogens (tertiary/aromatic N) is 3. The Morgan fingerprint density at radius 1 is 1.23 bits per heavy atom. The number of carbonyl (C=O) groups is 1. The van der Waals surface area contributed by atoms with Gasteiger partial charge in [-0.25, -0.2) is 9.78 Å². The summed E-state index contributed by atoms with van der Waals surface area (Å²) in [5.41, 5.74) is 1.69. The van der Waals surface area contributed by atoms with Gasteiger partial charge in [-0.2, -0.15) is 5.10 Å². The molecule has 5 rings (SSSR count). The highest BCUT2D eigenvalue weighted by molar-refractivity contribution is 7.09. The molecule has 0 spiro atoms. The van der Waals surface area contributed by atoms with E-state index in [1.165, 1.54) is 12.8 Å². The summed E-state index contributed by atoms with van der Waals surface area (Å²) in [6.07, 6.45) is 4.55. The fourth-order valence-corrected chi connectivity index (χ4v) is 4.41. The van der Waals surface area contributed by atoms with E-state index >= 15 is 0 Å². The summed E-state index contributed by atoms with van der Waals surface area (Å²) in [4.78, 5) is 20.6. The molecule has 3 heterocycles. The summed E-state index contributed by atoms with van der Waals surface area (Å²) in [6, 6.07) is 11.6. The van der Waals surface area contributed by atoms with Crippen LogP contribution in [0.5, 0.6) is 0 Å². The van der Waals surface area contributed by atoms with Crippen molar-refractivity contribution in [2.45, 2.75) is 44.2 Å². The maximum atomic E-state index is 13.0. The number of anilines is 1. The lowest BCUT2D eigenvalue weighted by Crippen LogP contribution is -2.39. The van der Waals surface area contributed by atoms with Crippen LogP contribution in [-0.2, 0) is 11.3 Å². The van der Waals surface area contributed by atoms with Crippen LogP contribution < -0.4 is 5.32 Å². The minimum atomic E-state index is -0.111. The third-order valence-electron chi connectivity index (χ3n) is 5.52. The Bertz CT molecular complexity index is 975. The lowest BCUT2D eigenvalue weighted by Gasteiger charge is -2.25. The van der Waals surface area contributed by atoms with E-state index in [2.05, 4.69) is 26.6 Å². The molecule has 1 unspecified atom stereocenters. The van der Waals surface area contributed by atoms with Crippen LogP contribution in [0.4, 0.5) is 10.5 Å². The SMILES string of the molecule is O=C(Nc1ccc(-c2n[nH]c(C3CC3)n2)cc1)N(Cc1cccs1)CC1CCCO1. The molecule has 2 amide bonds. The summed E-state index contributed by atoms with van der Waals surface area (Å²) in [7, 11) is 0. The molecule has 2 N–H and O–H groups in total. The Morgan fingerprint density at radius 2 is 2.10 bits per heavy atom. The Labute approximate surface area is 179 Å². The van der Waals surface area contributed by atoms with Crippen molar-refractivity contribution < 1.29 is 9.53 Å². The van der Waals surface area contributed by atoms with Gasteiger partial charge in [0.15, 0.2) is 5.82 Å².